The molecule has 0 radical (unpaired) electrons. The molecule has 1 aliphatic heterocycles. The lowest BCUT2D eigenvalue weighted by Crippen LogP contribution is -2.49. The number of benzene rings is 1. The van der Waals surface area contributed by atoms with Crippen molar-refractivity contribution in [3.05, 3.63) is 60.2 Å². The second kappa shape index (κ2) is 10.1. The lowest BCUT2D eigenvalue weighted by atomic mass is 10.1. The van der Waals surface area contributed by atoms with Gasteiger partial charge >= 0.3 is 0 Å². The smallest absolute Gasteiger partial charge is 0.274 e. The van der Waals surface area contributed by atoms with E-state index in [0.717, 1.165) is 5.56 Å². The summed E-state index contributed by atoms with van der Waals surface area (Å²) >= 11 is 0. The largest absolute Gasteiger partial charge is 0.372 e. The van der Waals surface area contributed by atoms with Gasteiger partial charge in [0.25, 0.3) is 5.91 Å². The molecule has 1 aliphatic rings. The third kappa shape index (κ3) is 6.09. The van der Waals surface area contributed by atoms with Crippen molar-refractivity contribution in [2.45, 2.75) is 38.9 Å². The average molecular weight is 396 g/mol. The fourth-order valence-electron chi connectivity index (χ4n) is 3.57. The van der Waals surface area contributed by atoms with Crippen LogP contribution in [-0.4, -0.2) is 70.0 Å². The highest BCUT2D eigenvalue weighted by Crippen LogP contribution is 2.13. The van der Waals surface area contributed by atoms with E-state index in [0.29, 0.717) is 38.3 Å². The van der Waals surface area contributed by atoms with E-state index < -0.39 is 0 Å². The number of hydrogen-bond donors (Lipinski definition) is 0. The van der Waals surface area contributed by atoms with Crippen LogP contribution in [0.1, 0.15) is 36.3 Å². The van der Waals surface area contributed by atoms with Gasteiger partial charge in [-0.25, -0.2) is 4.98 Å². The van der Waals surface area contributed by atoms with Crippen LogP contribution in [0.2, 0.25) is 0 Å². The van der Waals surface area contributed by atoms with E-state index in [1.165, 1.54) is 18.6 Å². The normalized spacial score (nSPS) is 19.0. The number of nitrogens with zero attached hydrogens (tertiary/aromatic N) is 4. The van der Waals surface area contributed by atoms with E-state index >= 15 is 0 Å². The number of morpholine rings is 1. The Bertz CT molecular complexity index is 790. The molecule has 2 atom stereocenters. The summed E-state index contributed by atoms with van der Waals surface area (Å²) in [6.45, 7) is 5.99. The summed E-state index contributed by atoms with van der Waals surface area (Å²) in [5, 5.41) is 0. The highest BCUT2D eigenvalue weighted by atomic mass is 16.5. The predicted molar refractivity (Wildman–Crippen MR) is 109 cm³/mol. The first-order valence-corrected chi connectivity index (χ1v) is 10.1. The molecule has 1 saturated heterocycles. The van der Waals surface area contributed by atoms with Crippen molar-refractivity contribution in [2.24, 2.45) is 0 Å². The van der Waals surface area contributed by atoms with Gasteiger partial charge in [0.15, 0.2) is 0 Å². The van der Waals surface area contributed by atoms with Crippen molar-refractivity contribution in [2.75, 3.05) is 26.2 Å². The van der Waals surface area contributed by atoms with Crippen molar-refractivity contribution in [1.82, 2.24) is 19.8 Å². The van der Waals surface area contributed by atoms with Gasteiger partial charge in [0.2, 0.25) is 5.91 Å². The third-order valence-corrected chi connectivity index (χ3v) is 4.95. The lowest BCUT2D eigenvalue weighted by molar-refractivity contribution is -0.143. The highest BCUT2D eigenvalue weighted by molar-refractivity contribution is 5.92. The summed E-state index contributed by atoms with van der Waals surface area (Å²) in [6.07, 6.45) is 5.55. The van der Waals surface area contributed by atoms with Gasteiger partial charge < -0.3 is 14.5 Å². The molecule has 1 aromatic carbocycles. The Balaban J connectivity index is 1.64. The molecule has 154 valence electrons. The highest BCUT2D eigenvalue weighted by Gasteiger charge is 2.26. The maximum atomic E-state index is 12.9. The summed E-state index contributed by atoms with van der Waals surface area (Å²) in [7, 11) is 0. The van der Waals surface area contributed by atoms with E-state index in [9.17, 15) is 9.59 Å². The van der Waals surface area contributed by atoms with E-state index in [4.69, 9.17) is 4.74 Å². The van der Waals surface area contributed by atoms with E-state index in [1.54, 1.807) is 4.90 Å². The van der Waals surface area contributed by atoms with Crippen LogP contribution in [0.4, 0.5) is 0 Å². The summed E-state index contributed by atoms with van der Waals surface area (Å²) in [6, 6.07) is 10.00. The van der Waals surface area contributed by atoms with Crippen LogP contribution in [-0.2, 0) is 16.0 Å². The van der Waals surface area contributed by atoms with E-state index in [1.807, 2.05) is 49.1 Å². The molecule has 3 rings (SSSR count). The van der Waals surface area contributed by atoms with Gasteiger partial charge in [0, 0.05) is 45.0 Å². The van der Waals surface area contributed by atoms with Crippen LogP contribution in [0.5, 0.6) is 0 Å². The number of rotatable bonds is 7. The van der Waals surface area contributed by atoms with E-state index in [-0.39, 0.29) is 30.4 Å². The van der Waals surface area contributed by atoms with E-state index in [2.05, 4.69) is 9.97 Å². The third-order valence-electron chi connectivity index (χ3n) is 4.95. The molecule has 29 heavy (non-hydrogen) atoms. The molecule has 2 heterocycles. The Morgan fingerprint density at radius 2 is 1.83 bits per heavy atom. The predicted octanol–water partition coefficient (Wildman–Crippen LogP) is 2.19. The molecule has 0 spiro atoms. The Morgan fingerprint density at radius 3 is 2.48 bits per heavy atom. The Hall–Kier alpha value is -2.80. The van der Waals surface area contributed by atoms with Crippen molar-refractivity contribution in [3.63, 3.8) is 0 Å². The standard InChI is InChI=1S/C22H28N4O3/c1-17-15-26(16-18(2)29-17)21(27)9-13-25(12-8-19-6-4-3-5-7-19)22(28)20-14-23-10-11-24-20/h3-7,10-11,14,17-18H,8-9,12-13,15-16H2,1-2H3. The zero-order chi connectivity index (χ0) is 20.6. The van der Waals surface area contributed by atoms with Gasteiger partial charge in [-0.1, -0.05) is 30.3 Å². The summed E-state index contributed by atoms with van der Waals surface area (Å²) in [5.74, 6) is -0.158. The fourth-order valence-corrected chi connectivity index (χ4v) is 3.57. The Morgan fingerprint density at radius 1 is 1.10 bits per heavy atom. The number of hydrogen-bond acceptors (Lipinski definition) is 5. The van der Waals surface area contributed by atoms with Crippen molar-refractivity contribution in [3.8, 4) is 0 Å². The minimum Gasteiger partial charge on any atom is -0.372 e. The molecule has 2 amide bonds. The summed E-state index contributed by atoms with van der Waals surface area (Å²) in [5.41, 5.74) is 1.44. The number of ether oxygens (including phenoxy) is 1. The monoisotopic (exact) mass is 396 g/mol. The molecule has 7 nitrogen and oxygen atoms in total. The minimum atomic E-state index is -0.203. The molecule has 0 bridgehead atoms. The van der Waals surface area contributed by atoms with Crippen molar-refractivity contribution < 1.29 is 14.3 Å². The molecule has 1 fully saturated rings. The molecule has 2 unspecified atom stereocenters. The maximum absolute atomic E-state index is 12.9. The second-order valence-corrected chi connectivity index (χ2v) is 7.42. The fraction of sp³-hybridized carbons (Fsp3) is 0.455. The number of aromatic nitrogens is 2. The number of carbonyl (C=O) groups is 2. The zero-order valence-corrected chi connectivity index (χ0v) is 17.0. The zero-order valence-electron chi connectivity index (χ0n) is 17.0. The van der Waals surface area contributed by atoms with Gasteiger partial charge in [0.05, 0.1) is 18.4 Å². The minimum absolute atomic E-state index is 0.0260. The van der Waals surface area contributed by atoms with Gasteiger partial charge in [-0.3, -0.25) is 14.6 Å². The quantitative estimate of drug-likeness (QED) is 0.717. The molecule has 0 N–H and O–H groups in total. The van der Waals surface area contributed by atoms with Crippen molar-refractivity contribution >= 4 is 11.8 Å². The topological polar surface area (TPSA) is 75.6 Å². The maximum Gasteiger partial charge on any atom is 0.274 e. The van der Waals surface area contributed by atoms with Crippen LogP contribution in [0.15, 0.2) is 48.9 Å². The molecular formula is C22H28N4O3. The molecule has 0 aliphatic carbocycles. The number of carbonyl (C=O) groups excluding carboxylic acids is 2. The van der Waals surface area contributed by atoms with Crippen LogP contribution in [0, 0.1) is 0 Å². The first-order chi connectivity index (χ1) is 14.0. The first-order valence-electron chi connectivity index (χ1n) is 10.1. The van der Waals surface area contributed by atoms with Crippen molar-refractivity contribution in [1.29, 1.82) is 0 Å². The lowest BCUT2D eigenvalue weighted by Gasteiger charge is -2.35. The van der Waals surface area contributed by atoms with Gasteiger partial charge in [0.1, 0.15) is 5.69 Å². The van der Waals surface area contributed by atoms with Gasteiger partial charge in [-0.05, 0) is 25.8 Å². The SMILES string of the molecule is CC1CN(C(=O)CCN(CCc2ccccc2)C(=O)c2cnccn2)CC(C)O1. The first kappa shape index (κ1) is 20.9. The van der Waals surface area contributed by atoms with Crippen LogP contribution < -0.4 is 0 Å². The average Bonchev–Trinajstić information content (AvgIpc) is 2.74. The van der Waals surface area contributed by atoms with Gasteiger partial charge in [-0.2, -0.15) is 0 Å². The Labute approximate surface area is 171 Å². The summed E-state index contributed by atoms with van der Waals surface area (Å²) < 4.78 is 5.70. The van der Waals surface area contributed by atoms with Crippen LogP contribution in [0.25, 0.3) is 0 Å². The Kier molecular flexibility index (Phi) is 7.30. The molecule has 7 heteroatoms. The van der Waals surface area contributed by atoms with Gasteiger partial charge in [-0.15, -0.1) is 0 Å². The molecule has 0 saturated carbocycles. The number of amides is 2. The summed E-state index contributed by atoms with van der Waals surface area (Å²) in [4.78, 5) is 37.3. The second-order valence-electron chi connectivity index (χ2n) is 7.42. The van der Waals surface area contributed by atoms with Crippen LogP contribution in [0.3, 0.4) is 0 Å². The van der Waals surface area contributed by atoms with Crippen LogP contribution >= 0.6 is 0 Å². The molecule has 2 aromatic rings. The molecular weight excluding hydrogens is 368 g/mol. The molecule has 1 aromatic heterocycles.